The summed E-state index contributed by atoms with van der Waals surface area (Å²) in [5.74, 6) is -2.02. The molecule has 0 aliphatic heterocycles. The Balaban J connectivity index is 2.11. The van der Waals surface area contributed by atoms with Crippen LogP contribution in [-0.2, 0) is 10.0 Å². The summed E-state index contributed by atoms with van der Waals surface area (Å²) in [6.45, 7) is 3.20. The van der Waals surface area contributed by atoms with Gasteiger partial charge in [-0.05, 0) is 55.3 Å². The van der Waals surface area contributed by atoms with Crippen molar-refractivity contribution in [2.24, 2.45) is 0 Å². The number of anilines is 1. The monoisotopic (exact) mass is 389 g/mol. The Morgan fingerprint density at radius 3 is 2.59 bits per heavy atom. The van der Waals surface area contributed by atoms with Gasteiger partial charge in [0, 0.05) is 12.4 Å². The number of aromatic nitrogens is 2. The van der Waals surface area contributed by atoms with Gasteiger partial charge in [-0.15, -0.1) is 0 Å². The molecule has 0 spiro atoms. The van der Waals surface area contributed by atoms with Gasteiger partial charge in [-0.1, -0.05) is 6.07 Å². The van der Waals surface area contributed by atoms with E-state index in [1.54, 1.807) is 26.1 Å². The van der Waals surface area contributed by atoms with Crippen molar-refractivity contribution in [3.05, 3.63) is 71.3 Å². The average molecular weight is 389 g/mol. The van der Waals surface area contributed by atoms with Crippen molar-refractivity contribution < 1.29 is 22.7 Å². The van der Waals surface area contributed by atoms with E-state index >= 15 is 0 Å². The van der Waals surface area contributed by atoms with Gasteiger partial charge in [0.1, 0.15) is 11.5 Å². The van der Waals surface area contributed by atoms with Crippen LogP contribution < -0.4 is 4.72 Å². The lowest BCUT2D eigenvalue weighted by Gasteiger charge is -2.15. The van der Waals surface area contributed by atoms with Crippen LogP contribution in [0.2, 0.25) is 0 Å². The molecule has 0 unspecified atom stereocenters. The Morgan fingerprint density at radius 1 is 1.22 bits per heavy atom. The highest BCUT2D eigenvalue weighted by Crippen LogP contribution is 2.27. The number of rotatable bonds is 5. The summed E-state index contributed by atoms with van der Waals surface area (Å²) >= 11 is 0. The third-order valence-corrected chi connectivity index (χ3v) is 5.49. The molecule has 2 aromatic carbocycles. The first kappa shape index (κ1) is 18.6. The fourth-order valence-electron chi connectivity index (χ4n) is 2.61. The topological polar surface area (TPSA) is 101 Å². The molecule has 0 atom stereocenters. The van der Waals surface area contributed by atoms with E-state index in [1.165, 1.54) is 29.1 Å². The highest BCUT2D eigenvalue weighted by molar-refractivity contribution is 7.92. The largest absolute Gasteiger partial charge is 0.478 e. The second-order valence-electron chi connectivity index (χ2n) is 5.91. The summed E-state index contributed by atoms with van der Waals surface area (Å²) in [5, 5.41) is 13.3. The quantitative estimate of drug-likeness (QED) is 0.698. The van der Waals surface area contributed by atoms with E-state index in [9.17, 15) is 22.7 Å². The molecule has 3 aromatic rings. The number of benzene rings is 2. The van der Waals surface area contributed by atoms with Crippen molar-refractivity contribution in [3.63, 3.8) is 0 Å². The summed E-state index contributed by atoms with van der Waals surface area (Å²) in [7, 11) is -4.24. The highest BCUT2D eigenvalue weighted by Gasteiger charge is 2.23. The fourth-order valence-corrected chi connectivity index (χ4v) is 3.81. The van der Waals surface area contributed by atoms with E-state index in [4.69, 9.17) is 0 Å². The number of carboxylic acid groups (broad SMARTS) is 1. The molecule has 0 amide bonds. The van der Waals surface area contributed by atoms with Crippen molar-refractivity contribution in [2.75, 3.05) is 4.72 Å². The van der Waals surface area contributed by atoms with Crippen molar-refractivity contribution in [1.82, 2.24) is 9.78 Å². The van der Waals surface area contributed by atoms with Crippen LogP contribution in [0.4, 0.5) is 10.1 Å². The van der Waals surface area contributed by atoms with Crippen molar-refractivity contribution in [2.45, 2.75) is 18.7 Å². The minimum atomic E-state index is -4.24. The summed E-state index contributed by atoms with van der Waals surface area (Å²) in [5.41, 5.74) is 0.749. The Labute approximate surface area is 155 Å². The zero-order valence-corrected chi connectivity index (χ0v) is 15.3. The second-order valence-corrected chi connectivity index (χ2v) is 7.59. The zero-order chi connectivity index (χ0) is 19.8. The lowest BCUT2D eigenvalue weighted by molar-refractivity contribution is 0.0695. The normalized spacial score (nSPS) is 11.4. The molecule has 7 nitrogen and oxygen atoms in total. The van der Waals surface area contributed by atoms with Gasteiger partial charge >= 0.3 is 5.97 Å². The van der Waals surface area contributed by atoms with Crippen LogP contribution in [0.15, 0.2) is 53.7 Å². The Hall–Kier alpha value is -3.20. The van der Waals surface area contributed by atoms with Crippen LogP contribution >= 0.6 is 0 Å². The number of halogens is 1. The van der Waals surface area contributed by atoms with Crippen LogP contribution in [0, 0.1) is 19.7 Å². The van der Waals surface area contributed by atoms with Crippen LogP contribution in [0.25, 0.3) is 5.69 Å². The van der Waals surface area contributed by atoms with Crippen LogP contribution in [0.1, 0.15) is 21.5 Å². The number of sulfonamides is 1. The Morgan fingerprint density at radius 2 is 1.96 bits per heavy atom. The van der Waals surface area contributed by atoms with Gasteiger partial charge in [0.2, 0.25) is 0 Å². The molecule has 0 aliphatic rings. The average Bonchev–Trinajstić information content (AvgIpc) is 3.12. The van der Waals surface area contributed by atoms with Gasteiger partial charge in [-0.25, -0.2) is 22.3 Å². The summed E-state index contributed by atoms with van der Waals surface area (Å²) in [6.07, 6.45) is 3.02. The zero-order valence-electron chi connectivity index (χ0n) is 14.5. The third kappa shape index (κ3) is 3.54. The van der Waals surface area contributed by atoms with Crippen molar-refractivity contribution in [3.8, 4) is 5.69 Å². The van der Waals surface area contributed by atoms with E-state index in [1.807, 2.05) is 0 Å². The van der Waals surface area contributed by atoms with Gasteiger partial charge in [-0.2, -0.15) is 5.10 Å². The first-order valence-electron chi connectivity index (χ1n) is 7.86. The number of nitrogens with zero attached hydrogens (tertiary/aromatic N) is 2. The molecule has 9 heteroatoms. The van der Waals surface area contributed by atoms with Crippen LogP contribution in [-0.4, -0.2) is 29.3 Å². The van der Waals surface area contributed by atoms with Gasteiger partial charge < -0.3 is 5.11 Å². The molecule has 0 bridgehead atoms. The molecule has 1 heterocycles. The molecule has 0 fully saturated rings. The number of nitrogens with one attached hydrogen (secondary N) is 1. The van der Waals surface area contributed by atoms with Gasteiger partial charge in [0.05, 0.1) is 16.1 Å². The van der Waals surface area contributed by atoms with Gasteiger partial charge in [0.25, 0.3) is 10.0 Å². The summed E-state index contributed by atoms with van der Waals surface area (Å²) < 4.78 is 43.5. The number of hydrogen-bond acceptors (Lipinski definition) is 4. The molecule has 0 saturated carbocycles. The molecule has 140 valence electrons. The van der Waals surface area contributed by atoms with E-state index in [2.05, 4.69) is 9.82 Å². The van der Waals surface area contributed by atoms with E-state index in [0.717, 1.165) is 12.1 Å². The standard InChI is InChI=1S/C18H16FN3O4S/c1-11-9-13(10-14(12(11)2)18(23)24)27(25,26)21-17-15(19)5-3-6-16(17)22-8-4-7-20-22/h3-10,21H,1-2H3,(H,23,24). The number of carbonyl (C=O) groups is 1. The number of para-hydroxylation sites is 1. The van der Waals surface area contributed by atoms with E-state index < -0.39 is 21.8 Å². The van der Waals surface area contributed by atoms with Gasteiger partial charge in [-0.3, -0.25) is 4.72 Å². The molecule has 27 heavy (non-hydrogen) atoms. The smallest absolute Gasteiger partial charge is 0.336 e. The molecule has 1 aromatic heterocycles. The van der Waals surface area contributed by atoms with Crippen molar-refractivity contribution in [1.29, 1.82) is 0 Å². The number of aromatic carboxylic acids is 1. The maximum Gasteiger partial charge on any atom is 0.336 e. The molecule has 3 rings (SSSR count). The SMILES string of the molecule is Cc1cc(S(=O)(=O)Nc2c(F)cccc2-n2cccn2)cc(C(=O)O)c1C. The van der Waals surface area contributed by atoms with Crippen LogP contribution in [0.3, 0.4) is 0 Å². The highest BCUT2D eigenvalue weighted by atomic mass is 32.2. The molecular formula is C18H16FN3O4S. The minimum Gasteiger partial charge on any atom is -0.478 e. The number of carboxylic acids is 1. The number of hydrogen-bond donors (Lipinski definition) is 2. The third-order valence-electron chi connectivity index (χ3n) is 4.16. The fraction of sp³-hybridized carbons (Fsp3) is 0.111. The molecule has 0 saturated heterocycles. The lowest BCUT2D eigenvalue weighted by atomic mass is 10.0. The Kier molecular flexibility index (Phi) is 4.71. The van der Waals surface area contributed by atoms with Gasteiger partial charge in [0.15, 0.2) is 0 Å². The maximum atomic E-state index is 14.4. The van der Waals surface area contributed by atoms with Crippen molar-refractivity contribution >= 4 is 21.7 Å². The molecule has 2 N–H and O–H groups in total. The molecule has 0 aliphatic carbocycles. The number of aryl methyl sites for hydroxylation is 1. The predicted octanol–water partition coefficient (Wildman–Crippen LogP) is 3.13. The summed E-state index contributed by atoms with van der Waals surface area (Å²) in [6, 6.07) is 8.08. The van der Waals surface area contributed by atoms with E-state index in [-0.39, 0.29) is 21.8 Å². The Bertz CT molecular complexity index is 1130. The second kappa shape index (κ2) is 6.84. The molecule has 0 radical (unpaired) electrons. The minimum absolute atomic E-state index is 0.129. The first-order valence-corrected chi connectivity index (χ1v) is 9.35. The first-order chi connectivity index (χ1) is 12.7. The van der Waals surface area contributed by atoms with E-state index in [0.29, 0.717) is 11.1 Å². The lowest BCUT2D eigenvalue weighted by Crippen LogP contribution is -2.17. The predicted molar refractivity (Wildman–Crippen MR) is 97.2 cm³/mol. The maximum absolute atomic E-state index is 14.4. The summed E-state index contributed by atoms with van der Waals surface area (Å²) in [4.78, 5) is 11.1. The molecular weight excluding hydrogens is 373 g/mol. The van der Waals surface area contributed by atoms with Crippen LogP contribution in [0.5, 0.6) is 0 Å².